The number of benzene rings is 1. The SMILES string of the molecule is O=C(CN1CCOCC1)N/N=C/c1ccc(Cl)cc1. The molecule has 1 aromatic rings. The molecule has 1 saturated heterocycles. The molecule has 1 aromatic carbocycles. The molecule has 0 aromatic heterocycles. The van der Waals surface area contributed by atoms with Crippen LogP contribution in [0.4, 0.5) is 0 Å². The molecule has 1 N–H and O–H groups in total. The standard InChI is InChI=1S/C13H16ClN3O2/c14-12-3-1-11(2-4-12)9-15-16-13(18)10-17-5-7-19-8-6-17/h1-4,9H,5-8,10H2,(H,16,18)/b15-9+. The number of hydrogen-bond acceptors (Lipinski definition) is 4. The van der Waals surface area contributed by atoms with Crippen LogP contribution in [0.25, 0.3) is 0 Å². The lowest BCUT2D eigenvalue weighted by Gasteiger charge is -2.25. The fraction of sp³-hybridized carbons (Fsp3) is 0.385. The van der Waals surface area contributed by atoms with Gasteiger partial charge in [0.2, 0.25) is 0 Å². The number of hydrogen-bond donors (Lipinski definition) is 1. The number of nitrogens with one attached hydrogen (secondary N) is 1. The van der Waals surface area contributed by atoms with Crippen molar-refractivity contribution in [3.05, 3.63) is 34.9 Å². The molecule has 0 radical (unpaired) electrons. The summed E-state index contributed by atoms with van der Waals surface area (Å²) in [5.74, 6) is -0.118. The van der Waals surface area contributed by atoms with Crippen LogP contribution in [0.5, 0.6) is 0 Å². The molecule has 5 nitrogen and oxygen atoms in total. The molecule has 0 bridgehead atoms. The zero-order valence-electron chi connectivity index (χ0n) is 10.5. The summed E-state index contributed by atoms with van der Waals surface area (Å²) in [6.07, 6.45) is 1.59. The predicted molar refractivity (Wildman–Crippen MR) is 74.4 cm³/mol. The smallest absolute Gasteiger partial charge is 0.254 e. The number of morpholine rings is 1. The lowest BCUT2D eigenvalue weighted by atomic mass is 10.2. The highest BCUT2D eigenvalue weighted by atomic mass is 35.5. The Bertz CT molecular complexity index is 442. The first kappa shape index (κ1) is 14.0. The van der Waals surface area contributed by atoms with Crippen LogP contribution >= 0.6 is 11.6 Å². The number of carbonyl (C=O) groups excluding carboxylic acids is 1. The van der Waals surface area contributed by atoms with E-state index in [1.165, 1.54) is 0 Å². The summed E-state index contributed by atoms with van der Waals surface area (Å²) in [5.41, 5.74) is 3.39. The Balaban J connectivity index is 1.74. The van der Waals surface area contributed by atoms with Crippen molar-refractivity contribution in [3.63, 3.8) is 0 Å². The van der Waals surface area contributed by atoms with Gasteiger partial charge in [-0.15, -0.1) is 0 Å². The number of carbonyl (C=O) groups is 1. The van der Waals surface area contributed by atoms with Gasteiger partial charge in [0, 0.05) is 18.1 Å². The summed E-state index contributed by atoms with van der Waals surface area (Å²) < 4.78 is 5.22. The Morgan fingerprint density at radius 1 is 1.37 bits per heavy atom. The molecule has 0 atom stereocenters. The maximum atomic E-state index is 11.6. The van der Waals surface area contributed by atoms with Gasteiger partial charge >= 0.3 is 0 Å². The minimum atomic E-state index is -0.118. The molecule has 6 heteroatoms. The first-order valence-electron chi connectivity index (χ1n) is 6.11. The van der Waals surface area contributed by atoms with E-state index in [2.05, 4.69) is 10.5 Å². The number of hydrazone groups is 1. The number of rotatable bonds is 4. The monoisotopic (exact) mass is 281 g/mol. The molecular weight excluding hydrogens is 266 g/mol. The van der Waals surface area contributed by atoms with Gasteiger partial charge in [-0.25, -0.2) is 5.43 Å². The van der Waals surface area contributed by atoms with Gasteiger partial charge in [-0.1, -0.05) is 23.7 Å². The summed E-state index contributed by atoms with van der Waals surface area (Å²) >= 11 is 5.77. The number of amides is 1. The average molecular weight is 282 g/mol. The number of halogens is 1. The molecule has 0 aliphatic carbocycles. The van der Waals surface area contributed by atoms with Gasteiger partial charge in [0.15, 0.2) is 0 Å². The van der Waals surface area contributed by atoms with Crippen LogP contribution in [0, 0.1) is 0 Å². The van der Waals surface area contributed by atoms with Crippen LogP contribution < -0.4 is 5.43 Å². The van der Waals surface area contributed by atoms with Gasteiger partial charge in [0.1, 0.15) is 0 Å². The van der Waals surface area contributed by atoms with Crippen LogP contribution in [0.1, 0.15) is 5.56 Å². The third-order valence-electron chi connectivity index (χ3n) is 2.74. The zero-order chi connectivity index (χ0) is 13.5. The third-order valence-corrected chi connectivity index (χ3v) is 3.00. The molecule has 19 heavy (non-hydrogen) atoms. The van der Waals surface area contributed by atoms with Crippen molar-refractivity contribution in [2.45, 2.75) is 0 Å². The summed E-state index contributed by atoms with van der Waals surface area (Å²) in [6.45, 7) is 3.28. The minimum Gasteiger partial charge on any atom is -0.379 e. The molecule has 102 valence electrons. The topological polar surface area (TPSA) is 53.9 Å². The quantitative estimate of drug-likeness (QED) is 0.665. The van der Waals surface area contributed by atoms with Crippen molar-refractivity contribution in [2.75, 3.05) is 32.8 Å². The summed E-state index contributed by atoms with van der Waals surface area (Å²) in [4.78, 5) is 13.7. The van der Waals surface area contributed by atoms with Crippen molar-refractivity contribution in [1.29, 1.82) is 0 Å². The van der Waals surface area contributed by atoms with Crippen LogP contribution in [-0.2, 0) is 9.53 Å². The molecule has 2 rings (SSSR count). The second-order valence-electron chi connectivity index (χ2n) is 4.23. The Morgan fingerprint density at radius 3 is 2.74 bits per heavy atom. The van der Waals surface area contributed by atoms with Gasteiger partial charge < -0.3 is 4.74 Å². The van der Waals surface area contributed by atoms with E-state index < -0.39 is 0 Å². The second kappa shape index (κ2) is 7.23. The number of ether oxygens (including phenoxy) is 1. The van der Waals surface area contributed by atoms with E-state index in [1.807, 2.05) is 17.0 Å². The highest BCUT2D eigenvalue weighted by molar-refractivity contribution is 6.30. The minimum absolute atomic E-state index is 0.118. The lowest BCUT2D eigenvalue weighted by molar-refractivity contribution is -0.123. The van der Waals surface area contributed by atoms with Gasteiger partial charge in [-0.05, 0) is 17.7 Å². The average Bonchev–Trinajstić information content (AvgIpc) is 2.42. The Morgan fingerprint density at radius 2 is 2.05 bits per heavy atom. The van der Waals surface area contributed by atoms with Crippen molar-refractivity contribution in [2.24, 2.45) is 5.10 Å². The predicted octanol–water partition coefficient (Wildman–Crippen LogP) is 1.12. The second-order valence-corrected chi connectivity index (χ2v) is 4.67. The first-order valence-corrected chi connectivity index (χ1v) is 6.49. The molecule has 1 aliphatic rings. The van der Waals surface area contributed by atoms with Crippen molar-refractivity contribution >= 4 is 23.7 Å². The molecule has 1 aliphatic heterocycles. The van der Waals surface area contributed by atoms with E-state index in [1.54, 1.807) is 18.3 Å². The van der Waals surface area contributed by atoms with Gasteiger partial charge in [0.25, 0.3) is 5.91 Å². The van der Waals surface area contributed by atoms with Crippen LogP contribution in [-0.4, -0.2) is 49.9 Å². The molecule has 1 amide bonds. The Labute approximate surface area is 117 Å². The van der Waals surface area contributed by atoms with Crippen molar-refractivity contribution < 1.29 is 9.53 Å². The fourth-order valence-electron chi connectivity index (χ4n) is 1.73. The van der Waals surface area contributed by atoms with Gasteiger partial charge in [-0.3, -0.25) is 9.69 Å². The van der Waals surface area contributed by atoms with E-state index in [4.69, 9.17) is 16.3 Å². The largest absolute Gasteiger partial charge is 0.379 e. The van der Waals surface area contributed by atoms with Crippen molar-refractivity contribution in [3.8, 4) is 0 Å². The summed E-state index contributed by atoms with van der Waals surface area (Å²) in [5, 5.41) is 4.59. The fourth-order valence-corrected chi connectivity index (χ4v) is 1.85. The van der Waals surface area contributed by atoms with E-state index in [0.717, 1.165) is 18.7 Å². The van der Waals surface area contributed by atoms with E-state index in [-0.39, 0.29) is 5.91 Å². The first-order chi connectivity index (χ1) is 9.24. The third kappa shape index (κ3) is 4.98. The highest BCUT2D eigenvalue weighted by Crippen LogP contribution is 2.07. The Hall–Kier alpha value is -1.43. The molecular formula is C13H16ClN3O2. The van der Waals surface area contributed by atoms with Crippen LogP contribution in [0.15, 0.2) is 29.4 Å². The summed E-state index contributed by atoms with van der Waals surface area (Å²) in [6, 6.07) is 7.22. The molecule has 0 spiro atoms. The molecule has 1 fully saturated rings. The van der Waals surface area contributed by atoms with Crippen molar-refractivity contribution in [1.82, 2.24) is 10.3 Å². The van der Waals surface area contributed by atoms with Crippen LogP contribution in [0.2, 0.25) is 5.02 Å². The Kier molecular flexibility index (Phi) is 5.32. The van der Waals surface area contributed by atoms with Crippen LogP contribution in [0.3, 0.4) is 0 Å². The maximum absolute atomic E-state index is 11.6. The van der Waals surface area contributed by atoms with Gasteiger partial charge in [0.05, 0.1) is 26.0 Å². The van der Waals surface area contributed by atoms with Gasteiger partial charge in [-0.2, -0.15) is 5.10 Å². The zero-order valence-corrected chi connectivity index (χ0v) is 11.3. The lowest BCUT2D eigenvalue weighted by Crippen LogP contribution is -2.42. The molecule has 1 heterocycles. The summed E-state index contributed by atoms with van der Waals surface area (Å²) in [7, 11) is 0. The molecule has 0 saturated carbocycles. The molecule has 0 unspecified atom stereocenters. The highest BCUT2D eigenvalue weighted by Gasteiger charge is 2.13. The maximum Gasteiger partial charge on any atom is 0.254 e. The normalized spacial score (nSPS) is 16.7. The van der Waals surface area contributed by atoms with E-state index >= 15 is 0 Å². The van der Waals surface area contributed by atoms with E-state index in [0.29, 0.717) is 24.8 Å². The van der Waals surface area contributed by atoms with E-state index in [9.17, 15) is 4.79 Å². The number of nitrogens with zero attached hydrogens (tertiary/aromatic N) is 2.